The minimum absolute atomic E-state index is 0.0824. The predicted octanol–water partition coefficient (Wildman–Crippen LogP) is 3.12. The Morgan fingerprint density at radius 3 is 2.58 bits per heavy atom. The van der Waals surface area contributed by atoms with Crippen molar-refractivity contribution in [2.24, 2.45) is 0 Å². The summed E-state index contributed by atoms with van der Waals surface area (Å²) in [7, 11) is 1.97. The van der Waals surface area contributed by atoms with Crippen LogP contribution in [0.4, 0.5) is 0 Å². The van der Waals surface area contributed by atoms with Crippen molar-refractivity contribution in [3.63, 3.8) is 0 Å². The van der Waals surface area contributed by atoms with E-state index in [0.29, 0.717) is 0 Å². The van der Waals surface area contributed by atoms with E-state index >= 15 is 0 Å². The molecule has 1 N–H and O–H groups in total. The van der Waals surface area contributed by atoms with Crippen molar-refractivity contribution < 1.29 is 4.42 Å². The number of aromatic nitrogens is 2. The number of aryl methyl sites for hydroxylation is 3. The summed E-state index contributed by atoms with van der Waals surface area (Å²) in [6.45, 7) is 9.31. The van der Waals surface area contributed by atoms with Crippen LogP contribution in [0.2, 0.25) is 0 Å². The van der Waals surface area contributed by atoms with Crippen LogP contribution in [-0.4, -0.2) is 16.6 Å². The van der Waals surface area contributed by atoms with Crippen molar-refractivity contribution in [2.75, 3.05) is 7.05 Å². The molecule has 0 saturated carbocycles. The fraction of sp³-hybridized carbons (Fsp3) is 0.533. The number of rotatable bonds is 5. The number of nitrogens with zero attached hydrogens (tertiary/aromatic N) is 2. The van der Waals surface area contributed by atoms with E-state index in [1.807, 2.05) is 33.3 Å². The van der Waals surface area contributed by atoms with Crippen LogP contribution in [0.25, 0.3) is 0 Å². The molecule has 4 heteroatoms. The van der Waals surface area contributed by atoms with Gasteiger partial charge in [0.1, 0.15) is 17.3 Å². The zero-order valence-corrected chi connectivity index (χ0v) is 12.4. The molecule has 0 amide bonds. The third-order valence-electron chi connectivity index (χ3n) is 3.67. The van der Waals surface area contributed by atoms with Gasteiger partial charge in [-0.05, 0) is 39.8 Å². The summed E-state index contributed by atoms with van der Waals surface area (Å²) in [6, 6.07) is 0.0824. The molecule has 0 spiro atoms. The lowest BCUT2D eigenvalue weighted by molar-refractivity contribution is 0.491. The second-order valence-corrected chi connectivity index (χ2v) is 4.95. The first-order valence-corrected chi connectivity index (χ1v) is 6.84. The highest BCUT2D eigenvalue weighted by molar-refractivity contribution is 5.37. The summed E-state index contributed by atoms with van der Waals surface area (Å²) < 4.78 is 7.96. The molecule has 104 valence electrons. The SMILES string of the molecule is CCCn1ccnc1C(NC)c1c(C)oc(C)c1C. The fourth-order valence-electron chi connectivity index (χ4n) is 2.65. The van der Waals surface area contributed by atoms with E-state index in [4.69, 9.17) is 4.42 Å². The van der Waals surface area contributed by atoms with Gasteiger partial charge in [-0.25, -0.2) is 4.98 Å². The van der Waals surface area contributed by atoms with Gasteiger partial charge in [0.05, 0.1) is 6.04 Å². The highest BCUT2D eigenvalue weighted by Gasteiger charge is 2.24. The Labute approximate surface area is 114 Å². The second kappa shape index (κ2) is 5.61. The maximum absolute atomic E-state index is 5.75. The first-order valence-electron chi connectivity index (χ1n) is 6.84. The Morgan fingerprint density at radius 1 is 1.32 bits per heavy atom. The summed E-state index contributed by atoms with van der Waals surface area (Å²) in [6.07, 6.45) is 5.01. The van der Waals surface area contributed by atoms with E-state index in [1.54, 1.807) is 0 Å². The molecular weight excluding hydrogens is 238 g/mol. The van der Waals surface area contributed by atoms with Gasteiger partial charge < -0.3 is 14.3 Å². The molecule has 0 aliphatic carbocycles. The van der Waals surface area contributed by atoms with Gasteiger partial charge >= 0.3 is 0 Å². The number of hydrogen-bond acceptors (Lipinski definition) is 3. The van der Waals surface area contributed by atoms with E-state index < -0.39 is 0 Å². The Kier molecular flexibility index (Phi) is 4.10. The summed E-state index contributed by atoms with van der Waals surface area (Å²) in [5.41, 5.74) is 2.42. The Bertz CT molecular complexity index is 554. The van der Waals surface area contributed by atoms with Crippen molar-refractivity contribution in [1.82, 2.24) is 14.9 Å². The van der Waals surface area contributed by atoms with Crippen molar-refractivity contribution in [3.05, 3.63) is 40.9 Å². The minimum atomic E-state index is 0.0824. The van der Waals surface area contributed by atoms with Crippen molar-refractivity contribution in [3.8, 4) is 0 Å². The fourth-order valence-corrected chi connectivity index (χ4v) is 2.65. The molecule has 19 heavy (non-hydrogen) atoms. The maximum atomic E-state index is 5.75. The maximum Gasteiger partial charge on any atom is 0.130 e. The van der Waals surface area contributed by atoms with E-state index in [2.05, 4.69) is 28.7 Å². The molecule has 2 heterocycles. The Balaban J connectivity index is 2.47. The highest BCUT2D eigenvalue weighted by Crippen LogP contribution is 2.30. The number of hydrogen-bond donors (Lipinski definition) is 1. The molecule has 1 unspecified atom stereocenters. The second-order valence-electron chi connectivity index (χ2n) is 4.95. The molecule has 0 bridgehead atoms. The van der Waals surface area contributed by atoms with Gasteiger partial charge in [-0.1, -0.05) is 6.92 Å². The van der Waals surface area contributed by atoms with E-state index in [0.717, 1.165) is 30.3 Å². The lowest BCUT2D eigenvalue weighted by Gasteiger charge is -2.18. The van der Waals surface area contributed by atoms with E-state index in [1.165, 1.54) is 11.1 Å². The van der Waals surface area contributed by atoms with Crippen LogP contribution in [0.3, 0.4) is 0 Å². The number of nitrogens with one attached hydrogen (secondary N) is 1. The average molecular weight is 261 g/mol. The first-order chi connectivity index (χ1) is 9.10. The lowest BCUT2D eigenvalue weighted by Crippen LogP contribution is -2.23. The summed E-state index contributed by atoms with van der Waals surface area (Å²) in [4.78, 5) is 4.53. The molecule has 0 aromatic carbocycles. The van der Waals surface area contributed by atoms with Crippen molar-refractivity contribution in [2.45, 2.75) is 46.7 Å². The van der Waals surface area contributed by atoms with Crippen LogP contribution >= 0.6 is 0 Å². The van der Waals surface area contributed by atoms with Gasteiger partial charge in [0.15, 0.2) is 0 Å². The monoisotopic (exact) mass is 261 g/mol. The third kappa shape index (κ3) is 2.45. The molecule has 0 radical (unpaired) electrons. The molecular formula is C15H23N3O. The summed E-state index contributed by atoms with van der Waals surface area (Å²) in [5, 5.41) is 3.37. The van der Waals surface area contributed by atoms with Gasteiger partial charge in [0.25, 0.3) is 0 Å². The van der Waals surface area contributed by atoms with Gasteiger partial charge in [0.2, 0.25) is 0 Å². The Morgan fingerprint density at radius 2 is 2.05 bits per heavy atom. The third-order valence-corrected chi connectivity index (χ3v) is 3.67. The molecule has 1 atom stereocenters. The molecule has 2 rings (SSSR count). The van der Waals surface area contributed by atoms with Gasteiger partial charge in [-0.15, -0.1) is 0 Å². The molecule has 0 saturated heterocycles. The van der Waals surface area contributed by atoms with Crippen LogP contribution < -0.4 is 5.32 Å². The summed E-state index contributed by atoms with van der Waals surface area (Å²) >= 11 is 0. The van der Waals surface area contributed by atoms with Gasteiger partial charge in [-0.2, -0.15) is 0 Å². The molecule has 2 aromatic rings. The van der Waals surface area contributed by atoms with Gasteiger partial charge in [-0.3, -0.25) is 0 Å². The topological polar surface area (TPSA) is 43.0 Å². The van der Waals surface area contributed by atoms with Crippen LogP contribution in [0.15, 0.2) is 16.8 Å². The van der Waals surface area contributed by atoms with Crippen LogP contribution in [0, 0.1) is 20.8 Å². The average Bonchev–Trinajstić information content (AvgIpc) is 2.91. The number of imidazole rings is 1. The zero-order chi connectivity index (χ0) is 14.0. The van der Waals surface area contributed by atoms with Crippen LogP contribution in [0.1, 0.15) is 47.9 Å². The quantitative estimate of drug-likeness (QED) is 0.899. The smallest absolute Gasteiger partial charge is 0.130 e. The van der Waals surface area contributed by atoms with Crippen molar-refractivity contribution in [1.29, 1.82) is 0 Å². The normalized spacial score (nSPS) is 12.9. The van der Waals surface area contributed by atoms with Crippen LogP contribution in [-0.2, 0) is 6.54 Å². The summed E-state index contributed by atoms with van der Waals surface area (Å²) in [5.74, 6) is 3.01. The largest absolute Gasteiger partial charge is 0.466 e. The highest BCUT2D eigenvalue weighted by atomic mass is 16.3. The zero-order valence-electron chi connectivity index (χ0n) is 12.4. The predicted molar refractivity (Wildman–Crippen MR) is 76.3 cm³/mol. The molecule has 2 aromatic heterocycles. The van der Waals surface area contributed by atoms with Gasteiger partial charge in [0, 0.05) is 24.5 Å². The van der Waals surface area contributed by atoms with E-state index in [-0.39, 0.29) is 6.04 Å². The molecule has 4 nitrogen and oxygen atoms in total. The Hall–Kier alpha value is -1.55. The molecule has 0 fully saturated rings. The van der Waals surface area contributed by atoms with Crippen molar-refractivity contribution >= 4 is 0 Å². The molecule has 0 aliphatic rings. The number of furan rings is 1. The van der Waals surface area contributed by atoms with Crippen LogP contribution in [0.5, 0.6) is 0 Å². The minimum Gasteiger partial charge on any atom is -0.466 e. The van der Waals surface area contributed by atoms with E-state index in [9.17, 15) is 0 Å². The molecule has 0 aliphatic heterocycles. The standard InChI is InChI=1S/C15H23N3O/c1-6-8-18-9-7-17-15(18)14(16-5)13-10(2)11(3)19-12(13)4/h7,9,14,16H,6,8H2,1-5H3. The lowest BCUT2D eigenvalue weighted by atomic mass is 10.0. The first kappa shape index (κ1) is 13.9.